The molecule has 0 aliphatic carbocycles. The lowest BCUT2D eigenvalue weighted by molar-refractivity contribution is -0.143. The van der Waals surface area contributed by atoms with Crippen LogP contribution in [0.15, 0.2) is 42.0 Å². The Balaban J connectivity index is 2.21. The van der Waals surface area contributed by atoms with Crippen molar-refractivity contribution in [3.8, 4) is 0 Å². The lowest BCUT2D eigenvalue weighted by Crippen LogP contribution is -2.24. The van der Waals surface area contributed by atoms with Gasteiger partial charge in [-0.25, -0.2) is 5.06 Å². The van der Waals surface area contributed by atoms with E-state index in [9.17, 15) is 36.3 Å². The van der Waals surface area contributed by atoms with Gasteiger partial charge in [-0.05, 0) is 36.6 Å². The molecule has 0 saturated carbocycles. The molecule has 4 nitrogen and oxygen atoms in total. The number of hydroxylamine groups is 2. The maximum atomic E-state index is 12.8. The van der Waals surface area contributed by atoms with Crippen LogP contribution in [0.1, 0.15) is 23.1 Å². The van der Waals surface area contributed by atoms with Gasteiger partial charge in [0.1, 0.15) is 5.70 Å². The van der Waals surface area contributed by atoms with Crippen LogP contribution in [-0.2, 0) is 23.6 Å². The summed E-state index contributed by atoms with van der Waals surface area (Å²) >= 11 is 0. The molecular weight excluding hydrogens is 354 g/mol. The third-order valence-electron chi connectivity index (χ3n) is 3.40. The molecule has 0 fully saturated rings. The van der Waals surface area contributed by atoms with E-state index >= 15 is 0 Å². The number of benzene rings is 1. The van der Waals surface area contributed by atoms with Gasteiger partial charge in [0.05, 0.1) is 17.3 Å². The number of hydrogen-bond acceptors (Lipinski definition) is 4. The van der Waals surface area contributed by atoms with Crippen molar-refractivity contribution >= 4 is 6.29 Å². The summed E-state index contributed by atoms with van der Waals surface area (Å²) in [5.74, 6) is 0. The van der Waals surface area contributed by atoms with Crippen LogP contribution in [0.2, 0.25) is 0 Å². The first kappa shape index (κ1) is 18.8. The number of aryl methyl sites for hydroxylation is 1. The lowest BCUT2D eigenvalue weighted by Gasteiger charge is -2.20. The van der Waals surface area contributed by atoms with Crippen molar-refractivity contribution < 1.29 is 36.3 Å². The van der Waals surface area contributed by atoms with E-state index in [1.807, 2.05) is 0 Å². The number of allylic oxidation sites excluding steroid dienone is 2. The Labute approximate surface area is 138 Å². The van der Waals surface area contributed by atoms with Crippen molar-refractivity contribution in [2.75, 3.05) is 0 Å². The van der Waals surface area contributed by atoms with E-state index in [1.165, 1.54) is 0 Å². The van der Waals surface area contributed by atoms with Crippen LogP contribution < -0.4 is 5.32 Å². The first-order chi connectivity index (χ1) is 11.5. The number of aldehydes is 1. The molecule has 0 bridgehead atoms. The molecule has 2 N–H and O–H groups in total. The molecule has 1 aliphatic rings. The van der Waals surface area contributed by atoms with Gasteiger partial charge in [0.15, 0.2) is 6.29 Å². The standard InChI is InChI=1S/C15H12F6N2O2/c16-14(17,18)10-3-9(4-11(5-10)15(19,20)21)1-2-12-7-23(25)13(8-24)6-22-12/h3-8,22,25H,1-2H2. The van der Waals surface area contributed by atoms with Crippen molar-refractivity contribution in [3.05, 3.63) is 58.7 Å². The maximum absolute atomic E-state index is 12.8. The van der Waals surface area contributed by atoms with E-state index in [2.05, 4.69) is 5.32 Å². The molecule has 0 atom stereocenters. The molecule has 136 valence electrons. The molecule has 0 aromatic heterocycles. The summed E-state index contributed by atoms with van der Waals surface area (Å²) in [6.45, 7) is 0. The summed E-state index contributed by atoms with van der Waals surface area (Å²) in [4.78, 5) is 10.6. The molecule has 1 aliphatic heterocycles. The van der Waals surface area contributed by atoms with Crippen LogP contribution in [-0.4, -0.2) is 16.6 Å². The molecule has 1 aromatic carbocycles. The fourth-order valence-corrected chi connectivity index (χ4v) is 2.16. The fourth-order valence-electron chi connectivity index (χ4n) is 2.16. The van der Waals surface area contributed by atoms with E-state index < -0.39 is 23.5 Å². The van der Waals surface area contributed by atoms with E-state index in [1.54, 1.807) is 0 Å². The Morgan fingerprint density at radius 2 is 1.56 bits per heavy atom. The summed E-state index contributed by atoms with van der Waals surface area (Å²) in [6.07, 6.45) is -7.27. The second-order valence-corrected chi connectivity index (χ2v) is 5.24. The highest BCUT2D eigenvalue weighted by Crippen LogP contribution is 2.36. The van der Waals surface area contributed by atoms with Gasteiger partial charge in [-0.15, -0.1) is 0 Å². The van der Waals surface area contributed by atoms with Gasteiger partial charge >= 0.3 is 12.4 Å². The van der Waals surface area contributed by atoms with Crippen molar-refractivity contribution in [3.63, 3.8) is 0 Å². The molecule has 0 amide bonds. The summed E-state index contributed by atoms with van der Waals surface area (Å²) in [7, 11) is 0. The molecule has 2 rings (SSSR count). The summed E-state index contributed by atoms with van der Waals surface area (Å²) < 4.78 is 76.8. The number of hydrogen-bond donors (Lipinski definition) is 2. The van der Waals surface area contributed by atoms with Gasteiger partial charge in [0.25, 0.3) is 0 Å². The average Bonchev–Trinajstić information content (AvgIpc) is 2.51. The minimum atomic E-state index is -4.90. The van der Waals surface area contributed by atoms with E-state index in [-0.39, 0.29) is 30.2 Å². The Hall–Kier alpha value is -2.49. The number of halogens is 6. The fraction of sp³-hybridized carbons (Fsp3) is 0.267. The van der Waals surface area contributed by atoms with Gasteiger partial charge in [-0.1, -0.05) is 0 Å². The van der Waals surface area contributed by atoms with Crippen molar-refractivity contribution in [1.29, 1.82) is 0 Å². The minimum absolute atomic E-state index is 0.0261. The van der Waals surface area contributed by atoms with Crippen LogP contribution in [0, 0.1) is 0 Å². The Morgan fingerprint density at radius 1 is 1.00 bits per heavy atom. The number of carbonyl (C=O) groups excluding carboxylic acids is 1. The van der Waals surface area contributed by atoms with Gasteiger partial charge < -0.3 is 5.32 Å². The summed E-state index contributed by atoms with van der Waals surface area (Å²) in [5.41, 5.74) is -2.69. The number of rotatable bonds is 4. The van der Waals surface area contributed by atoms with E-state index in [0.29, 0.717) is 29.2 Å². The zero-order chi connectivity index (χ0) is 18.8. The third kappa shape index (κ3) is 4.75. The number of nitrogens with zero attached hydrogens (tertiary/aromatic N) is 1. The van der Waals surface area contributed by atoms with Gasteiger partial charge in [-0.2, -0.15) is 26.3 Å². The highest BCUT2D eigenvalue weighted by atomic mass is 19.4. The van der Waals surface area contributed by atoms with Crippen molar-refractivity contribution in [1.82, 2.24) is 10.4 Å². The number of alkyl halides is 6. The van der Waals surface area contributed by atoms with Crippen LogP contribution in [0.25, 0.3) is 0 Å². The molecule has 1 heterocycles. The van der Waals surface area contributed by atoms with Crippen LogP contribution in [0.3, 0.4) is 0 Å². The van der Waals surface area contributed by atoms with Crippen LogP contribution in [0.5, 0.6) is 0 Å². The molecule has 0 spiro atoms. The van der Waals surface area contributed by atoms with Gasteiger partial charge in [-0.3, -0.25) is 10.0 Å². The Morgan fingerprint density at radius 3 is 2.00 bits per heavy atom. The van der Waals surface area contributed by atoms with Crippen LogP contribution in [0.4, 0.5) is 26.3 Å². The highest BCUT2D eigenvalue weighted by molar-refractivity contribution is 5.72. The zero-order valence-electron chi connectivity index (χ0n) is 12.4. The minimum Gasteiger partial charge on any atom is -0.362 e. The van der Waals surface area contributed by atoms with Crippen molar-refractivity contribution in [2.24, 2.45) is 0 Å². The van der Waals surface area contributed by atoms with Crippen LogP contribution >= 0.6 is 0 Å². The molecule has 0 unspecified atom stereocenters. The molecular formula is C15H12F6N2O2. The number of nitrogens with one attached hydrogen (secondary N) is 1. The molecule has 0 saturated heterocycles. The smallest absolute Gasteiger partial charge is 0.362 e. The average molecular weight is 366 g/mol. The SMILES string of the molecule is O=CC1=CNC(CCc2cc(C(F)(F)F)cc(C(F)(F)F)c2)=CN1O. The topological polar surface area (TPSA) is 52.6 Å². The van der Waals surface area contributed by atoms with E-state index in [0.717, 1.165) is 12.4 Å². The molecule has 0 radical (unpaired) electrons. The first-order valence-electron chi connectivity index (χ1n) is 6.90. The summed E-state index contributed by atoms with van der Waals surface area (Å²) in [5, 5.41) is 12.6. The molecule has 25 heavy (non-hydrogen) atoms. The monoisotopic (exact) mass is 366 g/mol. The third-order valence-corrected chi connectivity index (χ3v) is 3.40. The normalized spacial score (nSPS) is 15.4. The summed E-state index contributed by atoms with van der Waals surface area (Å²) in [6, 6.07) is 1.38. The van der Waals surface area contributed by atoms with Gasteiger partial charge in [0.2, 0.25) is 0 Å². The zero-order valence-corrected chi connectivity index (χ0v) is 12.4. The largest absolute Gasteiger partial charge is 0.416 e. The predicted octanol–water partition coefficient (Wildman–Crippen LogP) is 3.83. The second kappa shape index (κ2) is 6.79. The predicted molar refractivity (Wildman–Crippen MR) is 73.8 cm³/mol. The number of carbonyl (C=O) groups is 1. The molecule has 10 heteroatoms. The Bertz CT molecular complexity index is 689. The quantitative estimate of drug-likeness (QED) is 0.628. The highest BCUT2D eigenvalue weighted by Gasteiger charge is 2.36. The maximum Gasteiger partial charge on any atom is 0.416 e. The Kier molecular flexibility index (Phi) is 5.12. The van der Waals surface area contributed by atoms with E-state index in [4.69, 9.17) is 0 Å². The molecule has 1 aromatic rings. The lowest BCUT2D eigenvalue weighted by atomic mass is 10.0. The van der Waals surface area contributed by atoms with Gasteiger partial charge in [0, 0.05) is 11.9 Å². The van der Waals surface area contributed by atoms with Crippen molar-refractivity contribution in [2.45, 2.75) is 25.2 Å². The first-order valence-corrected chi connectivity index (χ1v) is 6.90. The second-order valence-electron chi connectivity index (χ2n) is 5.24.